The Morgan fingerprint density at radius 2 is 2.07 bits per heavy atom. The Morgan fingerprint density at radius 1 is 1.36 bits per heavy atom. The first-order valence-corrected chi connectivity index (χ1v) is 7.44. The fourth-order valence-corrected chi connectivity index (χ4v) is 1.40. The van der Waals surface area contributed by atoms with Gasteiger partial charge in [-0.05, 0) is 30.7 Å². The molecule has 0 N–H and O–H groups in total. The molecule has 0 saturated carbocycles. The number of benzene rings is 1. The smallest absolute Gasteiger partial charge is 0.126 e. The van der Waals surface area contributed by atoms with Gasteiger partial charge >= 0.3 is 0 Å². The summed E-state index contributed by atoms with van der Waals surface area (Å²) in [4.78, 5) is 0. The normalized spacial score (nSPS) is 11.2. The average Bonchev–Trinajstić information content (AvgIpc) is 2.10. The molecule has 1 radical (unpaired) electrons. The molecule has 14 heavy (non-hydrogen) atoms. The third-order valence-electron chi connectivity index (χ3n) is 1.73. The van der Waals surface area contributed by atoms with E-state index < -0.39 is 0 Å². The Kier molecular flexibility index (Phi) is 4.23. The van der Waals surface area contributed by atoms with Crippen LogP contribution in [0.5, 0.6) is 5.75 Å². The van der Waals surface area contributed by atoms with E-state index in [4.69, 9.17) is 16.3 Å². The SMILES string of the molecule is Cc1cc(OC=C[Si](C)C)ccc1Cl. The van der Waals surface area contributed by atoms with E-state index in [1.54, 1.807) is 6.26 Å². The van der Waals surface area contributed by atoms with Crippen molar-refractivity contribution in [1.29, 1.82) is 0 Å². The van der Waals surface area contributed by atoms with E-state index in [1.807, 2.05) is 25.1 Å². The minimum absolute atomic E-state index is 0.354. The molecule has 75 valence electrons. The summed E-state index contributed by atoms with van der Waals surface area (Å²) in [6.45, 7) is 6.38. The predicted molar refractivity (Wildman–Crippen MR) is 63.4 cm³/mol. The van der Waals surface area contributed by atoms with Crippen molar-refractivity contribution in [2.45, 2.75) is 20.0 Å². The maximum atomic E-state index is 5.90. The minimum atomic E-state index is -0.354. The summed E-state index contributed by atoms with van der Waals surface area (Å²) in [5.74, 6) is 0.839. The van der Waals surface area contributed by atoms with E-state index in [2.05, 4.69) is 18.8 Å². The quantitative estimate of drug-likeness (QED) is 0.561. The molecule has 0 spiro atoms. The predicted octanol–water partition coefficient (Wildman–Crippen LogP) is 3.83. The average molecular weight is 226 g/mol. The van der Waals surface area contributed by atoms with Crippen molar-refractivity contribution in [3.05, 3.63) is 40.7 Å². The van der Waals surface area contributed by atoms with Gasteiger partial charge in [0.25, 0.3) is 0 Å². The monoisotopic (exact) mass is 225 g/mol. The molecule has 0 unspecified atom stereocenters. The largest absolute Gasteiger partial charge is 0.466 e. The van der Waals surface area contributed by atoms with Crippen molar-refractivity contribution in [3.8, 4) is 5.75 Å². The molecule has 1 nitrogen and oxygen atoms in total. The van der Waals surface area contributed by atoms with Gasteiger partial charge in [0.15, 0.2) is 0 Å². The molecule has 0 fully saturated rings. The van der Waals surface area contributed by atoms with Crippen LogP contribution in [-0.4, -0.2) is 8.80 Å². The van der Waals surface area contributed by atoms with Crippen LogP contribution in [0.15, 0.2) is 30.2 Å². The molecular weight excluding hydrogens is 212 g/mol. The van der Waals surface area contributed by atoms with E-state index in [-0.39, 0.29) is 8.80 Å². The fourth-order valence-electron chi connectivity index (χ4n) is 0.939. The van der Waals surface area contributed by atoms with Gasteiger partial charge in [0.05, 0.1) is 15.1 Å². The third kappa shape index (κ3) is 3.56. The molecular formula is C11H14ClOSi. The number of halogens is 1. The van der Waals surface area contributed by atoms with Gasteiger partial charge in [-0.15, -0.1) is 0 Å². The van der Waals surface area contributed by atoms with Crippen LogP contribution in [0.2, 0.25) is 18.1 Å². The number of ether oxygens (including phenoxy) is 1. The van der Waals surface area contributed by atoms with Crippen LogP contribution in [0.4, 0.5) is 0 Å². The van der Waals surface area contributed by atoms with Gasteiger partial charge in [0.1, 0.15) is 5.75 Å². The Balaban J connectivity index is 2.64. The highest BCUT2D eigenvalue weighted by atomic mass is 35.5. The summed E-state index contributed by atoms with van der Waals surface area (Å²) in [5, 5.41) is 0.775. The first-order chi connectivity index (χ1) is 6.59. The van der Waals surface area contributed by atoms with E-state index in [0.717, 1.165) is 16.3 Å². The summed E-state index contributed by atoms with van der Waals surface area (Å²) >= 11 is 5.90. The van der Waals surface area contributed by atoms with E-state index in [1.165, 1.54) is 0 Å². The Morgan fingerprint density at radius 3 is 2.64 bits per heavy atom. The zero-order valence-corrected chi connectivity index (χ0v) is 10.4. The fraction of sp³-hybridized carbons (Fsp3) is 0.273. The van der Waals surface area contributed by atoms with Gasteiger partial charge < -0.3 is 4.74 Å². The first-order valence-electron chi connectivity index (χ1n) is 4.49. The lowest BCUT2D eigenvalue weighted by Gasteiger charge is -2.03. The van der Waals surface area contributed by atoms with Crippen LogP contribution in [0.25, 0.3) is 0 Å². The van der Waals surface area contributed by atoms with Crippen LogP contribution in [0, 0.1) is 6.92 Å². The number of aryl methyl sites for hydroxylation is 1. The van der Waals surface area contributed by atoms with Gasteiger partial charge in [-0.2, -0.15) is 0 Å². The molecule has 3 heteroatoms. The first kappa shape index (κ1) is 11.3. The Hall–Kier alpha value is -0.733. The molecule has 0 aliphatic heterocycles. The summed E-state index contributed by atoms with van der Waals surface area (Å²) < 4.78 is 5.44. The maximum absolute atomic E-state index is 5.90. The van der Waals surface area contributed by atoms with Gasteiger partial charge in [0.2, 0.25) is 0 Å². The minimum Gasteiger partial charge on any atom is -0.466 e. The molecule has 1 aromatic carbocycles. The molecule has 0 aromatic heterocycles. The standard InChI is InChI=1S/C11H14ClOSi/c1-9-8-10(4-5-11(9)12)13-6-7-14(2)3/h4-8H,1-3H3. The second-order valence-corrected chi connectivity index (χ2v) is 6.30. The van der Waals surface area contributed by atoms with Crippen LogP contribution in [-0.2, 0) is 0 Å². The lowest BCUT2D eigenvalue weighted by Crippen LogP contribution is -1.94. The van der Waals surface area contributed by atoms with Gasteiger partial charge in [0, 0.05) is 5.02 Å². The van der Waals surface area contributed by atoms with E-state index >= 15 is 0 Å². The summed E-state index contributed by atoms with van der Waals surface area (Å²) in [6, 6.07) is 5.66. The second kappa shape index (κ2) is 5.22. The van der Waals surface area contributed by atoms with Crippen LogP contribution in [0.3, 0.4) is 0 Å². The molecule has 0 saturated heterocycles. The van der Waals surface area contributed by atoms with Crippen molar-refractivity contribution >= 4 is 20.4 Å². The molecule has 0 atom stereocenters. The van der Waals surface area contributed by atoms with E-state index in [0.29, 0.717) is 0 Å². The van der Waals surface area contributed by atoms with Crippen LogP contribution in [0.1, 0.15) is 5.56 Å². The van der Waals surface area contributed by atoms with Crippen molar-refractivity contribution in [1.82, 2.24) is 0 Å². The Bertz CT molecular complexity index is 334. The van der Waals surface area contributed by atoms with Gasteiger partial charge in [-0.3, -0.25) is 0 Å². The van der Waals surface area contributed by atoms with Crippen LogP contribution >= 0.6 is 11.6 Å². The highest BCUT2D eigenvalue weighted by Gasteiger charge is 1.96. The third-order valence-corrected chi connectivity index (χ3v) is 2.96. The van der Waals surface area contributed by atoms with Crippen molar-refractivity contribution in [3.63, 3.8) is 0 Å². The van der Waals surface area contributed by atoms with Crippen molar-refractivity contribution < 1.29 is 4.74 Å². The molecule has 1 aromatic rings. The number of hydrogen-bond acceptors (Lipinski definition) is 1. The summed E-state index contributed by atoms with van der Waals surface area (Å²) in [5.41, 5.74) is 3.14. The molecule has 0 aliphatic rings. The van der Waals surface area contributed by atoms with Crippen molar-refractivity contribution in [2.24, 2.45) is 0 Å². The second-order valence-electron chi connectivity index (χ2n) is 3.41. The van der Waals surface area contributed by atoms with Crippen LogP contribution < -0.4 is 4.74 Å². The van der Waals surface area contributed by atoms with Gasteiger partial charge in [-0.1, -0.05) is 30.4 Å². The summed E-state index contributed by atoms with van der Waals surface area (Å²) in [6.07, 6.45) is 1.76. The zero-order valence-electron chi connectivity index (χ0n) is 8.67. The molecule has 1 rings (SSSR count). The number of rotatable bonds is 3. The topological polar surface area (TPSA) is 9.23 Å². The maximum Gasteiger partial charge on any atom is 0.126 e. The van der Waals surface area contributed by atoms with Gasteiger partial charge in [-0.25, -0.2) is 0 Å². The number of hydrogen-bond donors (Lipinski definition) is 0. The van der Waals surface area contributed by atoms with E-state index in [9.17, 15) is 0 Å². The highest BCUT2D eigenvalue weighted by Crippen LogP contribution is 2.21. The molecule has 0 amide bonds. The molecule has 0 bridgehead atoms. The lowest BCUT2D eigenvalue weighted by molar-refractivity contribution is 0.482. The summed E-state index contributed by atoms with van der Waals surface area (Å²) in [7, 11) is -0.354. The molecule has 0 heterocycles. The Labute approximate surface area is 92.0 Å². The zero-order chi connectivity index (χ0) is 10.6. The lowest BCUT2D eigenvalue weighted by atomic mass is 10.2. The molecule has 0 aliphatic carbocycles. The van der Waals surface area contributed by atoms with Crippen molar-refractivity contribution in [2.75, 3.05) is 0 Å². The highest BCUT2D eigenvalue weighted by molar-refractivity contribution is 6.61.